The van der Waals surface area contributed by atoms with E-state index in [1.54, 1.807) is 0 Å². The number of amides is 2. The topological polar surface area (TPSA) is 86.7 Å². The van der Waals surface area contributed by atoms with Crippen molar-refractivity contribution in [2.45, 2.75) is 37.9 Å². The van der Waals surface area contributed by atoms with E-state index < -0.39 is 42.5 Å². The number of carbonyl (C=O) groups excluding carboxylic acids is 2. The first-order chi connectivity index (χ1) is 10.2. The first-order valence-corrected chi connectivity index (χ1v) is 7.03. The smallest absolute Gasteiger partial charge is 0.406 e. The maximum atomic E-state index is 12.3. The zero-order chi connectivity index (χ0) is 16.5. The second-order valence-corrected chi connectivity index (χ2v) is 5.87. The highest BCUT2D eigenvalue weighted by atomic mass is 19.4. The summed E-state index contributed by atoms with van der Waals surface area (Å²) in [6, 6.07) is -1.05. The zero-order valence-electron chi connectivity index (χ0n) is 11.7. The predicted molar refractivity (Wildman–Crippen MR) is 67.6 cm³/mol. The molecule has 1 aliphatic carbocycles. The number of hydrogen-bond acceptors (Lipinski definition) is 3. The number of aliphatic carboxylic acids is 1. The molecule has 1 aliphatic heterocycles. The van der Waals surface area contributed by atoms with Crippen molar-refractivity contribution < 1.29 is 32.7 Å². The summed E-state index contributed by atoms with van der Waals surface area (Å²) in [5.41, 5.74) is 0. The van der Waals surface area contributed by atoms with Gasteiger partial charge in [-0.2, -0.15) is 13.2 Å². The average Bonchev–Trinajstić information content (AvgIpc) is 3.11. The highest BCUT2D eigenvalue weighted by molar-refractivity contribution is 5.91. The van der Waals surface area contributed by atoms with E-state index in [0.717, 1.165) is 12.8 Å². The SMILES string of the molecule is O=C(NC(CC1CC1)C(=O)O)C1CC(=O)N(CC(F)(F)F)C1. The summed E-state index contributed by atoms with van der Waals surface area (Å²) in [5.74, 6) is -3.25. The molecule has 1 heterocycles. The Bertz CT molecular complexity index is 476. The van der Waals surface area contributed by atoms with Gasteiger partial charge in [0.15, 0.2) is 0 Å². The molecule has 0 radical (unpaired) electrons. The van der Waals surface area contributed by atoms with Gasteiger partial charge in [0.05, 0.1) is 5.92 Å². The molecule has 2 rings (SSSR count). The highest BCUT2D eigenvalue weighted by Gasteiger charge is 2.41. The molecule has 0 aromatic rings. The molecule has 2 unspecified atom stereocenters. The normalized spacial score (nSPS) is 23.5. The Morgan fingerprint density at radius 1 is 1.36 bits per heavy atom. The van der Waals surface area contributed by atoms with Gasteiger partial charge in [-0.1, -0.05) is 12.8 Å². The van der Waals surface area contributed by atoms with Crippen molar-refractivity contribution in [2.24, 2.45) is 11.8 Å². The van der Waals surface area contributed by atoms with Gasteiger partial charge >= 0.3 is 12.1 Å². The van der Waals surface area contributed by atoms with Gasteiger partial charge in [0.1, 0.15) is 12.6 Å². The van der Waals surface area contributed by atoms with E-state index in [-0.39, 0.29) is 18.9 Å². The second kappa shape index (κ2) is 6.13. The maximum Gasteiger partial charge on any atom is 0.406 e. The molecule has 124 valence electrons. The Kier molecular flexibility index (Phi) is 4.62. The maximum absolute atomic E-state index is 12.3. The largest absolute Gasteiger partial charge is 0.480 e. The minimum atomic E-state index is -4.52. The number of nitrogens with zero attached hydrogens (tertiary/aromatic N) is 1. The monoisotopic (exact) mass is 322 g/mol. The highest BCUT2D eigenvalue weighted by Crippen LogP contribution is 2.33. The summed E-state index contributed by atoms with van der Waals surface area (Å²) < 4.78 is 36.9. The molecule has 0 aromatic heterocycles. The summed E-state index contributed by atoms with van der Waals surface area (Å²) >= 11 is 0. The molecule has 1 saturated heterocycles. The Hall–Kier alpha value is -1.80. The third-order valence-electron chi connectivity index (χ3n) is 3.84. The van der Waals surface area contributed by atoms with Crippen LogP contribution in [0.5, 0.6) is 0 Å². The van der Waals surface area contributed by atoms with Crippen LogP contribution in [-0.2, 0) is 14.4 Å². The Morgan fingerprint density at radius 2 is 2.00 bits per heavy atom. The molecule has 22 heavy (non-hydrogen) atoms. The van der Waals surface area contributed by atoms with Crippen molar-refractivity contribution in [1.82, 2.24) is 10.2 Å². The number of nitrogens with one attached hydrogen (secondary N) is 1. The van der Waals surface area contributed by atoms with Crippen LogP contribution in [-0.4, -0.2) is 53.1 Å². The molecule has 0 bridgehead atoms. The van der Waals surface area contributed by atoms with E-state index in [4.69, 9.17) is 5.11 Å². The van der Waals surface area contributed by atoms with E-state index in [2.05, 4.69) is 5.32 Å². The van der Waals surface area contributed by atoms with Crippen LogP contribution in [0.4, 0.5) is 13.2 Å². The van der Waals surface area contributed by atoms with Crippen LogP contribution in [0.2, 0.25) is 0 Å². The molecule has 2 aliphatic rings. The number of rotatable bonds is 6. The van der Waals surface area contributed by atoms with Crippen molar-refractivity contribution in [2.75, 3.05) is 13.1 Å². The number of carboxylic acids is 1. The van der Waals surface area contributed by atoms with Crippen LogP contribution in [0, 0.1) is 11.8 Å². The molecular formula is C13H17F3N2O4. The third-order valence-corrected chi connectivity index (χ3v) is 3.84. The molecule has 0 spiro atoms. The van der Waals surface area contributed by atoms with Gasteiger partial charge in [-0.3, -0.25) is 9.59 Å². The van der Waals surface area contributed by atoms with Crippen LogP contribution >= 0.6 is 0 Å². The van der Waals surface area contributed by atoms with Crippen LogP contribution in [0.15, 0.2) is 0 Å². The molecule has 2 N–H and O–H groups in total. The van der Waals surface area contributed by atoms with Crippen LogP contribution in [0.1, 0.15) is 25.7 Å². The van der Waals surface area contributed by atoms with E-state index in [9.17, 15) is 27.6 Å². The molecule has 9 heteroatoms. The van der Waals surface area contributed by atoms with Crippen LogP contribution in [0.25, 0.3) is 0 Å². The minimum Gasteiger partial charge on any atom is -0.480 e. The molecule has 2 amide bonds. The van der Waals surface area contributed by atoms with E-state index >= 15 is 0 Å². The van der Waals surface area contributed by atoms with Gasteiger partial charge in [-0.15, -0.1) is 0 Å². The fraction of sp³-hybridized carbons (Fsp3) is 0.769. The Balaban J connectivity index is 1.89. The first kappa shape index (κ1) is 16.6. The summed E-state index contributed by atoms with van der Waals surface area (Å²) in [4.78, 5) is 35.2. The summed E-state index contributed by atoms with van der Waals surface area (Å²) in [7, 11) is 0. The molecular weight excluding hydrogens is 305 g/mol. The van der Waals surface area contributed by atoms with Crippen molar-refractivity contribution in [3.05, 3.63) is 0 Å². The van der Waals surface area contributed by atoms with E-state index in [1.165, 1.54) is 0 Å². The van der Waals surface area contributed by atoms with E-state index in [0.29, 0.717) is 11.3 Å². The number of carboxylic acid groups (broad SMARTS) is 1. The first-order valence-electron chi connectivity index (χ1n) is 7.03. The minimum absolute atomic E-state index is 0.272. The number of carbonyl (C=O) groups is 3. The zero-order valence-corrected chi connectivity index (χ0v) is 11.7. The van der Waals surface area contributed by atoms with Crippen LogP contribution < -0.4 is 5.32 Å². The molecule has 6 nitrogen and oxygen atoms in total. The standard InChI is InChI=1S/C13H17F3N2O4/c14-13(15,16)6-18-5-8(4-10(18)19)11(20)17-9(12(21)22)3-7-1-2-7/h7-9H,1-6H2,(H,17,20)(H,21,22). The van der Waals surface area contributed by atoms with Crippen molar-refractivity contribution in [1.29, 1.82) is 0 Å². The van der Waals surface area contributed by atoms with Gasteiger partial charge in [0.2, 0.25) is 11.8 Å². The number of halogens is 3. The van der Waals surface area contributed by atoms with Gasteiger partial charge in [-0.05, 0) is 12.3 Å². The number of likely N-dealkylation sites (tertiary alicyclic amines) is 1. The summed E-state index contributed by atoms with van der Waals surface area (Å²) in [6.45, 7) is -1.72. The quantitative estimate of drug-likeness (QED) is 0.756. The number of hydrogen-bond donors (Lipinski definition) is 2. The molecule has 2 atom stereocenters. The predicted octanol–water partition coefficient (Wildman–Crippen LogP) is 0.767. The molecule has 2 fully saturated rings. The second-order valence-electron chi connectivity index (χ2n) is 5.87. The summed E-state index contributed by atoms with van der Waals surface area (Å²) in [6.07, 6.45) is -2.69. The van der Waals surface area contributed by atoms with Gasteiger partial charge in [-0.25, -0.2) is 4.79 Å². The van der Waals surface area contributed by atoms with Gasteiger partial charge in [0.25, 0.3) is 0 Å². The lowest BCUT2D eigenvalue weighted by Gasteiger charge is -2.19. The van der Waals surface area contributed by atoms with E-state index in [1.807, 2.05) is 0 Å². The fourth-order valence-electron chi connectivity index (χ4n) is 2.51. The summed E-state index contributed by atoms with van der Waals surface area (Å²) in [5, 5.41) is 11.4. The van der Waals surface area contributed by atoms with Gasteiger partial charge in [0, 0.05) is 13.0 Å². The van der Waals surface area contributed by atoms with Crippen molar-refractivity contribution in [3.63, 3.8) is 0 Å². The lowest BCUT2D eigenvalue weighted by atomic mass is 10.1. The lowest BCUT2D eigenvalue weighted by Crippen LogP contribution is -2.44. The lowest BCUT2D eigenvalue weighted by molar-refractivity contribution is -0.157. The number of alkyl halides is 3. The van der Waals surface area contributed by atoms with Crippen molar-refractivity contribution >= 4 is 17.8 Å². The van der Waals surface area contributed by atoms with Crippen molar-refractivity contribution in [3.8, 4) is 0 Å². The van der Waals surface area contributed by atoms with Crippen LogP contribution in [0.3, 0.4) is 0 Å². The Morgan fingerprint density at radius 3 is 2.50 bits per heavy atom. The molecule has 0 aromatic carbocycles. The fourth-order valence-corrected chi connectivity index (χ4v) is 2.51. The van der Waals surface area contributed by atoms with Gasteiger partial charge < -0.3 is 15.3 Å². The third kappa shape index (κ3) is 4.60. The Labute approximate surface area is 124 Å². The molecule has 1 saturated carbocycles. The average molecular weight is 322 g/mol.